The molecule has 0 spiro atoms. The van der Waals surface area contributed by atoms with Gasteiger partial charge in [-0.15, -0.1) is 0 Å². The van der Waals surface area contributed by atoms with Gasteiger partial charge in [-0.3, -0.25) is 0 Å². The van der Waals surface area contributed by atoms with Crippen molar-refractivity contribution in [1.29, 1.82) is 10.5 Å². The number of hydrogen-bond acceptors (Lipinski definition) is 4. The van der Waals surface area contributed by atoms with E-state index in [0.717, 1.165) is 25.7 Å². The third-order valence-electron chi connectivity index (χ3n) is 2.72. The molecule has 0 fully saturated rings. The van der Waals surface area contributed by atoms with Crippen LogP contribution in [0, 0.1) is 58.2 Å². The van der Waals surface area contributed by atoms with Crippen LogP contribution in [0.3, 0.4) is 0 Å². The molecule has 0 rings (SSSR count). The normalized spacial score (nSPS) is 11.1. The molecule has 0 saturated carbocycles. The number of aliphatic hydroxyl groups is 2. The fourth-order valence-corrected chi connectivity index (χ4v) is 1.52. The van der Waals surface area contributed by atoms with Crippen LogP contribution < -0.4 is 0 Å². The Labute approximate surface area is 132 Å². The topological polar surface area (TPSA) is 88.0 Å². The van der Waals surface area contributed by atoms with Crippen molar-refractivity contribution in [2.75, 3.05) is 0 Å². The molecule has 0 aromatic heterocycles. The van der Waals surface area contributed by atoms with E-state index in [-0.39, 0.29) is 0 Å². The second-order valence-electron chi connectivity index (χ2n) is 4.63. The maximum absolute atomic E-state index is 9.03. The summed E-state index contributed by atoms with van der Waals surface area (Å²) in [5, 5.41) is 34.8. The van der Waals surface area contributed by atoms with Gasteiger partial charge in [0, 0.05) is 12.8 Å². The first-order valence-corrected chi connectivity index (χ1v) is 7.31. The van der Waals surface area contributed by atoms with Crippen LogP contribution in [0.25, 0.3) is 0 Å². The van der Waals surface area contributed by atoms with Gasteiger partial charge in [0.25, 0.3) is 0 Å². The highest BCUT2D eigenvalue weighted by molar-refractivity contribution is 5.35. The van der Waals surface area contributed by atoms with Crippen LogP contribution in [-0.2, 0) is 0 Å². The highest BCUT2D eigenvalue weighted by Crippen LogP contribution is 2.04. The van der Waals surface area contributed by atoms with Crippen molar-refractivity contribution in [2.24, 2.45) is 0 Å². The summed E-state index contributed by atoms with van der Waals surface area (Å²) in [6, 6.07) is 3.54. The predicted octanol–water partition coefficient (Wildman–Crippen LogP) is 1.89. The Morgan fingerprint density at radius 3 is 1.68 bits per heavy atom. The Morgan fingerprint density at radius 1 is 0.636 bits per heavy atom. The Bertz CT molecular complexity index is 564. The van der Waals surface area contributed by atoms with E-state index in [9.17, 15) is 0 Å². The average Bonchev–Trinajstić information content (AvgIpc) is 2.54. The molecule has 2 unspecified atom stereocenters. The van der Waals surface area contributed by atoms with Crippen molar-refractivity contribution in [1.82, 2.24) is 0 Å². The molecule has 0 aliphatic carbocycles. The molecule has 0 aliphatic heterocycles. The quantitative estimate of drug-likeness (QED) is 0.407. The molecule has 0 aromatic rings. The van der Waals surface area contributed by atoms with E-state index in [1.54, 1.807) is 12.1 Å². The summed E-state index contributed by atoms with van der Waals surface area (Å²) in [4.78, 5) is 0. The summed E-state index contributed by atoms with van der Waals surface area (Å²) in [5.41, 5.74) is 0. The molecular weight excluding hydrogens is 276 g/mol. The van der Waals surface area contributed by atoms with E-state index in [1.807, 2.05) is 0 Å². The smallest absolute Gasteiger partial charge is 0.140 e. The van der Waals surface area contributed by atoms with Gasteiger partial charge in [0.2, 0.25) is 0 Å². The molecular formula is C18H20N2O2. The fraction of sp³-hybridized carbons (Fsp3) is 0.556. The molecule has 22 heavy (non-hydrogen) atoms. The molecule has 2 N–H and O–H groups in total. The van der Waals surface area contributed by atoms with Crippen LogP contribution in [0.15, 0.2) is 0 Å². The largest absolute Gasteiger partial charge is 0.378 e. The summed E-state index contributed by atoms with van der Waals surface area (Å²) in [6.45, 7) is 0. The molecule has 0 aromatic carbocycles. The Kier molecular flexibility index (Phi) is 13.3. The average molecular weight is 296 g/mol. The van der Waals surface area contributed by atoms with Crippen LogP contribution in [0.5, 0.6) is 0 Å². The van der Waals surface area contributed by atoms with E-state index < -0.39 is 12.2 Å². The van der Waals surface area contributed by atoms with E-state index in [4.69, 9.17) is 20.7 Å². The number of nitriles is 2. The molecule has 4 heteroatoms. The molecule has 114 valence electrons. The molecule has 0 radical (unpaired) electrons. The Morgan fingerprint density at radius 2 is 1.14 bits per heavy atom. The first kappa shape index (κ1) is 19.6. The zero-order chi connectivity index (χ0) is 16.5. The minimum atomic E-state index is -0.901. The Hall–Kier alpha value is -2.42. The monoisotopic (exact) mass is 296 g/mol. The predicted molar refractivity (Wildman–Crippen MR) is 83.5 cm³/mol. The minimum Gasteiger partial charge on any atom is -0.378 e. The van der Waals surface area contributed by atoms with Gasteiger partial charge in [0.05, 0.1) is 12.1 Å². The fourth-order valence-electron chi connectivity index (χ4n) is 1.52. The lowest BCUT2D eigenvalue weighted by molar-refractivity contribution is 0.215. The van der Waals surface area contributed by atoms with Crippen LogP contribution >= 0.6 is 0 Å². The lowest BCUT2D eigenvalue weighted by atomic mass is 10.1. The summed E-state index contributed by atoms with van der Waals surface area (Å²) in [6.07, 6.45) is 3.93. The van der Waals surface area contributed by atoms with Gasteiger partial charge >= 0.3 is 0 Å². The number of aliphatic hydroxyl groups excluding tert-OH is 2. The van der Waals surface area contributed by atoms with Gasteiger partial charge < -0.3 is 10.2 Å². The number of rotatable bonds is 8. The van der Waals surface area contributed by atoms with Gasteiger partial charge in [0.15, 0.2) is 0 Å². The number of unbranched alkanes of at least 4 members (excludes halogenated alkanes) is 4. The number of nitrogens with zero attached hydrogens (tertiary/aromatic N) is 2. The summed E-state index contributed by atoms with van der Waals surface area (Å²) in [7, 11) is 0. The first-order valence-electron chi connectivity index (χ1n) is 7.31. The molecule has 0 heterocycles. The van der Waals surface area contributed by atoms with Gasteiger partial charge in [-0.1, -0.05) is 18.3 Å². The zero-order valence-corrected chi connectivity index (χ0v) is 12.6. The van der Waals surface area contributed by atoms with Crippen molar-refractivity contribution in [2.45, 2.75) is 63.6 Å². The van der Waals surface area contributed by atoms with Gasteiger partial charge in [-0.25, -0.2) is 0 Å². The summed E-state index contributed by atoms with van der Waals surface area (Å²) >= 11 is 0. The SMILES string of the molecule is N#CC(O)CCCC#CC#CC#CCCCCCC(O)C#N. The van der Waals surface area contributed by atoms with E-state index in [1.165, 1.54) is 0 Å². The van der Waals surface area contributed by atoms with Crippen molar-refractivity contribution < 1.29 is 10.2 Å². The molecule has 0 aliphatic rings. The van der Waals surface area contributed by atoms with E-state index in [0.29, 0.717) is 25.7 Å². The molecule has 0 saturated heterocycles. The molecule has 2 atom stereocenters. The lowest BCUT2D eigenvalue weighted by Crippen LogP contribution is -2.01. The van der Waals surface area contributed by atoms with Gasteiger partial charge in [0.1, 0.15) is 12.2 Å². The standard InChI is InChI=1S/C18H20N2O2/c19-15-17(21)13-11-9-7-5-3-1-2-4-6-8-10-12-14-18(22)16-20/h17-18,21-22H,5,7,9-14H2. The number of hydrogen-bond donors (Lipinski definition) is 2. The lowest BCUT2D eigenvalue weighted by Gasteiger charge is -1.99. The maximum Gasteiger partial charge on any atom is 0.140 e. The van der Waals surface area contributed by atoms with Crippen LogP contribution in [0.2, 0.25) is 0 Å². The van der Waals surface area contributed by atoms with Gasteiger partial charge in [-0.05, 0) is 55.8 Å². The Balaban J connectivity index is 3.61. The third-order valence-corrected chi connectivity index (χ3v) is 2.72. The molecule has 0 bridgehead atoms. The first-order chi connectivity index (χ1) is 10.7. The second kappa shape index (κ2) is 15.0. The highest BCUT2D eigenvalue weighted by Gasteiger charge is 1.99. The van der Waals surface area contributed by atoms with Crippen LogP contribution in [0.4, 0.5) is 0 Å². The maximum atomic E-state index is 9.03. The second-order valence-corrected chi connectivity index (χ2v) is 4.63. The minimum absolute atomic E-state index is 0.434. The zero-order valence-electron chi connectivity index (χ0n) is 12.6. The van der Waals surface area contributed by atoms with Crippen molar-refractivity contribution in [3.8, 4) is 47.7 Å². The summed E-state index contributed by atoms with van der Waals surface area (Å²) < 4.78 is 0. The van der Waals surface area contributed by atoms with Crippen molar-refractivity contribution >= 4 is 0 Å². The highest BCUT2D eigenvalue weighted by atomic mass is 16.3. The molecule has 0 amide bonds. The van der Waals surface area contributed by atoms with Crippen molar-refractivity contribution in [3.63, 3.8) is 0 Å². The molecule has 4 nitrogen and oxygen atoms in total. The third kappa shape index (κ3) is 14.0. The van der Waals surface area contributed by atoms with Crippen molar-refractivity contribution in [3.05, 3.63) is 0 Å². The van der Waals surface area contributed by atoms with Crippen LogP contribution in [-0.4, -0.2) is 22.4 Å². The van der Waals surface area contributed by atoms with Crippen LogP contribution in [0.1, 0.15) is 51.4 Å². The summed E-state index contributed by atoms with van der Waals surface area (Å²) in [5.74, 6) is 16.4. The van der Waals surface area contributed by atoms with E-state index >= 15 is 0 Å². The van der Waals surface area contributed by atoms with E-state index in [2.05, 4.69) is 35.5 Å². The van der Waals surface area contributed by atoms with Gasteiger partial charge in [-0.2, -0.15) is 10.5 Å².